The fraction of sp³-hybridized carbons (Fsp3) is 0.308. The van der Waals surface area contributed by atoms with Crippen molar-refractivity contribution in [3.63, 3.8) is 0 Å². The highest BCUT2D eigenvalue weighted by molar-refractivity contribution is 5.86. The summed E-state index contributed by atoms with van der Waals surface area (Å²) in [6.07, 6.45) is -3.63. The van der Waals surface area contributed by atoms with Crippen LogP contribution in [0.2, 0.25) is 0 Å². The van der Waals surface area contributed by atoms with Crippen molar-refractivity contribution < 1.29 is 29.3 Å². The Bertz CT molecular complexity index is 467. The van der Waals surface area contributed by atoms with Crippen LogP contribution < -0.4 is 0 Å². The lowest BCUT2D eigenvalue weighted by atomic mass is 10.1. The van der Waals surface area contributed by atoms with E-state index in [2.05, 4.69) is 0 Å². The number of aliphatic hydroxyl groups is 1. The Hall–Kier alpha value is -2.21. The number of rotatable bonds is 6. The van der Waals surface area contributed by atoms with Gasteiger partial charge in [0.25, 0.3) is 0 Å². The number of aliphatic carboxylic acids is 1. The monoisotopic (exact) mass is 266 g/mol. The van der Waals surface area contributed by atoms with Crippen molar-refractivity contribution >= 4 is 17.7 Å². The van der Waals surface area contributed by atoms with E-state index in [1.165, 1.54) is 6.92 Å². The number of ether oxygens (including phenoxy) is 1. The van der Waals surface area contributed by atoms with Crippen molar-refractivity contribution in [2.75, 3.05) is 0 Å². The van der Waals surface area contributed by atoms with Crippen LogP contribution in [0.15, 0.2) is 30.3 Å². The molecule has 0 saturated carbocycles. The maximum atomic E-state index is 11.4. The van der Waals surface area contributed by atoms with Crippen molar-refractivity contribution in [1.82, 2.24) is 0 Å². The molecule has 0 aromatic heterocycles. The number of Topliss-reactive ketones (excluding diaryl/α,β-unsaturated/α-hetero) is 1. The highest BCUT2D eigenvalue weighted by atomic mass is 16.5. The van der Waals surface area contributed by atoms with Crippen molar-refractivity contribution in [3.8, 4) is 0 Å². The second kappa shape index (κ2) is 6.65. The average Bonchev–Trinajstić information content (AvgIpc) is 2.36. The molecular formula is C13H14O6. The van der Waals surface area contributed by atoms with E-state index < -0.39 is 30.6 Å². The smallest absolute Gasteiger partial charge is 0.333 e. The molecule has 1 aromatic rings. The fourth-order valence-electron chi connectivity index (χ4n) is 1.44. The van der Waals surface area contributed by atoms with Gasteiger partial charge in [0.2, 0.25) is 0 Å². The van der Waals surface area contributed by atoms with Gasteiger partial charge in [0, 0.05) is 0 Å². The van der Waals surface area contributed by atoms with Gasteiger partial charge < -0.3 is 14.9 Å². The van der Waals surface area contributed by atoms with Gasteiger partial charge in [-0.15, -0.1) is 0 Å². The molecule has 19 heavy (non-hydrogen) atoms. The van der Waals surface area contributed by atoms with Crippen LogP contribution >= 0.6 is 0 Å². The summed E-state index contributed by atoms with van der Waals surface area (Å²) in [6.45, 7) is 1.26. The largest absolute Gasteiger partial charge is 0.479 e. The summed E-state index contributed by atoms with van der Waals surface area (Å²) >= 11 is 0. The van der Waals surface area contributed by atoms with Gasteiger partial charge in [0.05, 0.1) is 6.42 Å². The Morgan fingerprint density at radius 1 is 1.21 bits per heavy atom. The number of esters is 1. The molecule has 0 aliphatic rings. The quantitative estimate of drug-likeness (QED) is 0.735. The number of carboxylic acid groups (broad SMARTS) is 1. The summed E-state index contributed by atoms with van der Waals surface area (Å²) in [4.78, 5) is 33.3. The molecule has 0 spiro atoms. The Labute approximate surface area is 109 Å². The lowest BCUT2D eigenvalue weighted by Crippen LogP contribution is -2.26. The summed E-state index contributed by atoms with van der Waals surface area (Å²) in [5.74, 6) is -2.85. The van der Waals surface area contributed by atoms with E-state index in [1.807, 2.05) is 0 Å². The second-order valence-corrected chi connectivity index (χ2v) is 3.95. The minimum atomic E-state index is -1.84. The predicted octanol–water partition coefficient (Wildman–Crippen LogP) is 0.695. The van der Waals surface area contributed by atoms with Crippen LogP contribution in [-0.4, -0.2) is 34.0 Å². The Kier molecular flexibility index (Phi) is 5.20. The van der Waals surface area contributed by atoms with E-state index in [0.717, 1.165) is 0 Å². The Morgan fingerprint density at radius 2 is 1.79 bits per heavy atom. The summed E-state index contributed by atoms with van der Waals surface area (Å²) in [5, 5.41) is 17.5. The molecule has 2 atom stereocenters. The van der Waals surface area contributed by atoms with Crippen LogP contribution in [0, 0.1) is 0 Å². The molecule has 0 fully saturated rings. The zero-order valence-corrected chi connectivity index (χ0v) is 10.3. The molecular weight excluding hydrogens is 252 g/mol. The van der Waals surface area contributed by atoms with Crippen LogP contribution in [0.3, 0.4) is 0 Å². The zero-order chi connectivity index (χ0) is 14.4. The van der Waals surface area contributed by atoms with Crippen LogP contribution in [-0.2, 0) is 19.1 Å². The van der Waals surface area contributed by atoms with Crippen molar-refractivity contribution in [2.45, 2.75) is 25.6 Å². The maximum Gasteiger partial charge on any atom is 0.333 e. The summed E-state index contributed by atoms with van der Waals surface area (Å²) in [6, 6.07) is 8.35. The molecule has 0 heterocycles. The predicted molar refractivity (Wildman–Crippen MR) is 64.2 cm³/mol. The molecule has 0 amide bonds. The third-order valence-electron chi connectivity index (χ3n) is 2.37. The molecule has 0 aliphatic heterocycles. The highest BCUT2D eigenvalue weighted by Crippen LogP contribution is 2.19. The maximum absolute atomic E-state index is 11.4. The standard InChI is InChI=1S/C13H14O6/c1-8(14)12(9-5-3-2-4-6-9)19-11(16)7-10(15)13(17)18/h2-6,10,12,15H,7H2,1H3,(H,17,18)/t10-,12+/m0/s1. The van der Waals surface area contributed by atoms with Gasteiger partial charge in [-0.2, -0.15) is 0 Å². The Balaban J connectivity index is 2.73. The number of carbonyl (C=O) groups is 3. The van der Waals surface area contributed by atoms with E-state index in [4.69, 9.17) is 14.9 Å². The SMILES string of the molecule is CC(=O)[C@@H](OC(=O)C[C@H](O)C(=O)O)c1ccccc1. The second-order valence-electron chi connectivity index (χ2n) is 3.95. The minimum Gasteiger partial charge on any atom is -0.479 e. The number of hydrogen-bond donors (Lipinski definition) is 2. The lowest BCUT2D eigenvalue weighted by molar-refractivity contribution is -0.161. The van der Waals surface area contributed by atoms with E-state index in [1.54, 1.807) is 30.3 Å². The van der Waals surface area contributed by atoms with Gasteiger partial charge in [0.15, 0.2) is 18.0 Å². The van der Waals surface area contributed by atoms with Crippen molar-refractivity contribution in [1.29, 1.82) is 0 Å². The van der Waals surface area contributed by atoms with Crippen LogP contribution in [0.4, 0.5) is 0 Å². The third-order valence-corrected chi connectivity index (χ3v) is 2.37. The summed E-state index contributed by atoms with van der Waals surface area (Å²) < 4.78 is 4.91. The fourth-order valence-corrected chi connectivity index (χ4v) is 1.44. The third kappa shape index (κ3) is 4.51. The first-order valence-electron chi connectivity index (χ1n) is 5.57. The minimum absolute atomic E-state index is 0.385. The molecule has 0 unspecified atom stereocenters. The molecule has 0 radical (unpaired) electrons. The molecule has 1 aromatic carbocycles. The summed E-state index contributed by atoms with van der Waals surface area (Å²) in [5.41, 5.74) is 0.494. The van der Waals surface area contributed by atoms with Crippen LogP contribution in [0.25, 0.3) is 0 Å². The van der Waals surface area contributed by atoms with Gasteiger partial charge in [-0.3, -0.25) is 9.59 Å². The highest BCUT2D eigenvalue weighted by Gasteiger charge is 2.25. The normalized spacial score (nSPS) is 13.4. The molecule has 6 heteroatoms. The summed E-state index contributed by atoms with van der Waals surface area (Å²) in [7, 11) is 0. The van der Waals surface area contributed by atoms with Crippen LogP contribution in [0.1, 0.15) is 25.0 Å². The number of aliphatic hydroxyl groups excluding tert-OH is 1. The number of carbonyl (C=O) groups excluding carboxylic acids is 2. The molecule has 0 bridgehead atoms. The van der Waals surface area contributed by atoms with Gasteiger partial charge in [-0.25, -0.2) is 4.79 Å². The molecule has 6 nitrogen and oxygen atoms in total. The van der Waals surface area contributed by atoms with E-state index >= 15 is 0 Å². The molecule has 0 saturated heterocycles. The van der Waals surface area contributed by atoms with Gasteiger partial charge >= 0.3 is 11.9 Å². The number of benzene rings is 1. The van der Waals surface area contributed by atoms with Crippen molar-refractivity contribution in [3.05, 3.63) is 35.9 Å². The van der Waals surface area contributed by atoms with E-state index in [9.17, 15) is 14.4 Å². The van der Waals surface area contributed by atoms with Crippen LogP contribution in [0.5, 0.6) is 0 Å². The first-order chi connectivity index (χ1) is 8.91. The first kappa shape index (κ1) is 14.8. The zero-order valence-electron chi connectivity index (χ0n) is 10.3. The lowest BCUT2D eigenvalue weighted by Gasteiger charge is -2.16. The molecule has 0 aliphatic carbocycles. The molecule has 1 rings (SSSR count). The number of carboxylic acids is 1. The number of hydrogen-bond acceptors (Lipinski definition) is 5. The molecule has 102 valence electrons. The van der Waals surface area contributed by atoms with E-state index in [0.29, 0.717) is 5.56 Å². The van der Waals surface area contributed by atoms with Gasteiger partial charge in [-0.1, -0.05) is 30.3 Å². The Morgan fingerprint density at radius 3 is 2.26 bits per heavy atom. The van der Waals surface area contributed by atoms with Crippen molar-refractivity contribution in [2.24, 2.45) is 0 Å². The van der Waals surface area contributed by atoms with Gasteiger partial charge in [0.1, 0.15) is 0 Å². The topological polar surface area (TPSA) is 101 Å². The average molecular weight is 266 g/mol. The van der Waals surface area contributed by atoms with E-state index in [-0.39, 0.29) is 5.78 Å². The number of ketones is 1. The van der Waals surface area contributed by atoms with Gasteiger partial charge in [-0.05, 0) is 12.5 Å². The first-order valence-corrected chi connectivity index (χ1v) is 5.57. The molecule has 2 N–H and O–H groups in total.